The molecule has 0 aromatic carbocycles. The van der Waals surface area contributed by atoms with Crippen molar-refractivity contribution in [1.29, 1.82) is 0 Å². The average Bonchev–Trinajstić information content (AvgIpc) is 2.46. The highest BCUT2D eigenvalue weighted by molar-refractivity contribution is 6.67. The summed E-state index contributed by atoms with van der Waals surface area (Å²) in [5.41, 5.74) is 0. The summed E-state index contributed by atoms with van der Waals surface area (Å²) in [5.74, 6) is 0. The number of unbranched alkanes of at least 4 members (excludes halogenated alkanes) is 3. The minimum absolute atomic E-state index is 0.693. The van der Waals surface area contributed by atoms with Crippen molar-refractivity contribution in [3.63, 3.8) is 0 Å². The van der Waals surface area contributed by atoms with Gasteiger partial charge in [0.15, 0.2) is 0 Å². The second-order valence-corrected chi connectivity index (χ2v) is 8.24. The van der Waals surface area contributed by atoms with Crippen molar-refractivity contribution in [3.8, 4) is 0 Å². The van der Waals surface area contributed by atoms with Gasteiger partial charge in [-0.25, -0.2) is 0 Å². The molecule has 0 aliphatic carbocycles. The van der Waals surface area contributed by atoms with Crippen molar-refractivity contribution in [2.75, 3.05) is 26.1 Å². The van der Waals surface area contributed by atoms with Gasteiger partial charge in [0.05, 0.1) is 6.23 Å². The van der Waals surface area contributed by atoms with Crippen molar-refractivity contribution in [2.45, 2.75) is 72.8 Å². The topological polar surface area (TPSA) is 27.7 Å². The van der Waals surface area contributed by atoms with Crippen LogP contribution in [0.1, 0.15) is 66.7 Å². The molecule has 128 valence electrons. The number of ether oxygens (including phenoxy) is 1. The van der Waals surface area contributed by atoms with E-state index in [1.54, 1.807) is 6.08 Å². The SMILES string of the molecule is C=CC.CCCCCOC[Si](CCCC)(OCC)OCC. The molecule has 0 radical (unpaired) electrons. The minimum Gasteiger partial charge on any atom is -0.393 e. The fourth-order valence-corrected chi connectivity index (χ4v) is 5.08. The zero-order valence-electron chi connectivity index (χ0n) is 15.1. The molecule has 0 heterocycles. The second kappa shape index (κ2) is 17.9. The molecule has 0 spiro atoms. The molecular formula is C17H38O3Si. The maximum absolute atomic E-state index is 5.97. The van der Waals surface area contributed by atoms with Crippen LogP contribution in [0.25, 0.3) is 0 Å². The molecule has 0 rings (SSSR count). The molecule has 0 saturated heterocycles. The Bertz CT molecular complexity index is 204. The molecule has 3 nitrogen and oxygen atoms in total. The van der Waals surface area contributed by atoms with Crippen LogP contribution < -0.4 is 0 Å². The first-order chi connectivity index (χ1) is 10.2. The van der Waals surface area contributed by atoms with Gasteiger partial charge in [-0.05, 0) is 33.2 Å². The number of hydrogen-bond acceptors (Lipinski definition) is 3. The number of hydrogen-bond donors (Lipinski definition) is 0. The van der Waals surface area contributed by atoms with E-state index >= 15 is 0 Å². The Kier molecular flexibility index (Phi) is 19.7. The lowest BCUT2D eigenvalue weighted by Gasteiger charge is -2.29. The first-order valence-corrected chi connectivity index (χ1v) is 10.8. The van der Waals surface area contributed by atoms with Gasteiger partial charge in [-0.3, -0.25) is 0 Å². The minimum atomic E-state index is -2.10. The first kappa shape index (κ1) is 23.1. The second-order valence-electron chi connectivity index (χ2n) is 5.05. The molecule has 0 N–H and O–H groups in total. The molecule has 0 atom stereocenters. The molecule has 0 fully saturated rings. The summed E-state index contributed by atoms with van der Waals surface area (Å²) >= 11 is 0. The summed E-state index contributed by atoms with van der Waals surface area (Å²) < 4.78 is 17.8. The number of allylic oxidation sites excluding steroid dienone is 1. The van der Waals surface area contributed by atoms with E-state index in [4.69, 9.17) is 13.6 Å². The maximum Gasteiger partial charge on any atom is 0.364 e. The zero-order valence-corrected chi connectivity index (χ0v) is 16.1. The highest BCUT2D eigenvalue weighted by Crippen LogP contribution is 2.18. The van der Waals surface area contributed by atoms with Gasteiger partial charge >= 0.3 is 8.56 Å². The molecule has 0 aromatic heterocycles. The van der Waals surface area contributed by atoms with E-state index in [0.717, 1.165) is 32.3 Å². The highest BCUT2D eigenvalue weighted by atomic mass is 28.4. The third kappa shape index (κ3) is 14.5. The third-order valence-electron chi connectivity index (χ3n) is 2.94. The third-order valence-corrected chi connectivity index (χ3v) is 6.33. The molecule has 21 heavy (non-hydrogen) atoms. The average molecular weight is 319 g/mol. The van der Waals surface area contributed by atoms with Crippen LogP contribution in [0.15, 0.2) is 12.7 Å². The van der Waals surface area contributed by atoms with Crippen molar-refractivity contribution in [1.82, 2.24) is 0 Å². The fourth-order valence-electron chi connectivity index (χ4n) is 2.00. The molecule has 0 amide bonds. The Labute approximate surface area is 134 Å². The summed E-state index contributed by atoms with van der Waals surface area (Å²) in [6.45, 7) is 16.1. The van der Waals surface area contributed by atoms with Crippen LogP contribution in [0.5, 0.6) is 0 Å². The molecule has 4 heteroatoms. The van der Waals surface area contributed by atoms with E-state index in [0.29, 0.717) is 6.23 Å². The fraction of sp³-hybridized carbons (Fsp3) is 0.882. The molecule has 0 aliphatic heterocycles. The van der Waals surface area contributed by atoms with Crippen molar-refractivity contribution >= 4 is 8.56 Å². The normalized spacial score (nSPS) is 10.9. The lowest BCUT2D eigenvalue weighted by molar-refractivity contribution is 0.102. The Balaban J connectivity index is 0. The molecule has 0 aromatic rings. The van der Waals surface area contributed by atoms with E-state index in [9.17, 15) is 0 Å². The van der Waals surface area contributed by atoms with Gasteiger partial charge in [-0.15, -0.1) is 6.58 Å². The lowest BCUT2D eigenvalue weighted by Crippen LogP contribution is -2.47. The summed E-state index contributed by atoms with van der Waals surface area (Å²) in [4.78, 5) is 0. The van der Waals surface area contributed by atoms with Gasteiger partial charge in [0.25, 0.3) is 0 Å². The molecule has 0 bridgehead atoms. The molecular weight excluding hydrogens is 280 g/mol. The van der Waals surface area contributed by atoms with Crippen LogP contribution in [-0.4, -0.2) is 34.6 Å². The van der Waals surface area contributed by atoms with Crippen LogP contribution >= 0.6 is 0 Å². The summed E-state index contributed by atoms with van der Waals surface area (Å²) in [5, 5.41) is 0. The Morgan fingerprint density at radius 2 is 1.43 bits per heavy atom. The van der Waals surface area contributed by atoms with Gasteiger partial charge in [0.1, 0.15) is 0 Å². The van der Waals surface area contributed by atoms with Gasteiger partial charge in [0.2, 0.25) is 0 Å². The quantitative estimate of drug-likeness (QED) is 0.264. The summed E-state index contributed by atoms with van der Waals surface area (Å²) in [6, 6.07) is 1.05. The van der Waals surface area contributed by atoms with Crippen LogP contribution in [0.3, 0.4) is 0 Å². The Hall–Kier alpha value is -0.163. The summed E-state index contributed by atoms with van der Waals surface area (Å²) in [6.07, 6.45) is 8.42. The Morgan fingerprint density at radius 3 is 1.86 bits per heavy atom. The lowest BCUT2D eigenvalue weighted by atomic mass is 10.3. The van der Waals surface area contributed by atoms with Crippen LogP contribution in [0, 0.1) is 0 Å². The standard InChI is InChI=1S/C14H32O3Si.C3H6/c1-5-9-11-12-15-14-18(16-7-3,17-8-4)13-10-6-2;1-3-2/h5-14H2,1-4H3;3H,1H2,2H3. The van der Waals surface area contributed by atoms with E-state index in [1.165, 1.54) is 25.7 Å². The van der Waals surface area contributed by atoms with Crippen LogP contribution in [0.2, 0.25) is 6.04 Å². The van der Waals surface area contributed by atoms with E-state index in [2.05, 4.69) is 20.4 Å². The zero-order chi connectivity index (χ0) is 16.4. The van der Waals surface area contributed by atoms with Crippen molar-refractivity contribution in [2.24, 2.45) is 0 Å². The van der Waals surface area contributed by atoms with E-state index in [1.807, 2.05) is 20.8 Å². The van der Waals surface area contributed by atoms with Crippen LogP contribution in [-0.2, 0) is 13.6 Å². The Morgan fingerprint density at radius 1 is 0.905 bits per heavy atom. The molecule has 0 saturated carbocycles. The van der Waals surface area contributed by atoms with Gasteiger partial charge < -0.3 is 13.6 Å². The number of rotatable bonds is 13. The predicted molar refractivity (Wildman–Crippen MR) is 94.9 cm³/mol. The van der Waals surface area contributed by atoms with Gasteiger partial charge in [-0.2, -0.15) is 0 Å². The maximum atomic E-state index is 5.97. The van der Waals surface area contributed by atoms with Crippen molar-refractivity contribution in [3.05, 3.63) is 12.7 Å². The first-order valence-electron chi connectivity index (χ1n) is 8.58. The van der Waals surface area contributed by atoms with E-state index in [-0.39, 0.29) is 0 Å². The van der Waals surface area contributed by atoms with Crippen LogP contribution in [0.4, 0.5) is 0 Å². The summed E-state index contributed by atoms with van der Waals surface area (Å²) in [7, 11) is -2.10. The van der Waals surface area contributed by atoms with Gasteiger partial charge in [0, 0.05) is 19.8 Å². The van der Waals surface area contributed by atoms with E-state index < -0.39 is 8.56 Å². The predicted octanol–water partition coefficient (Wildman–Crippen LogP) is 5.24. The largest absolute Gasteiger partial charge is 0.393 e. The molecule has 0 unspecified atom stereocenters. The molecule has 0 aliphatic rings. The smallest absolute Gasteiger partial charge is 0.364 e. The van der Waals surface area contributed by atoms with Gasteiger partial charge in [-0.1, -0.05) is 45.6 Å². The van der Waals surface area contributed by atoms with Crippen molar-refractivity contribution < 1.29 is 13.6 Å². The highest BCUT2D eigenvalue weighted by Gasteiger charge is 2.36. The monoisotopic (exact) mass is 318 g/mol.